The van der Waals surface area contributed by atoms with Crippen LogP contribution in [0, 0.1) is 11.8 Å². The average Bonchev–Trinajstić information content (AvgIpc) is 0.961. The Labute approximate surface area is 619 Å². The summed E-state index contributed by atoms with van der Waals surface area (Å²) in [6, 6.07) is 0. The zero-order chi connectivity index (χ0) is 74.2. The van der Waals surface area contributed by atoms with Crippen LogP contribution in [0.1, 0.15) is 433 Å². The fourth-order valence-corrected chi connectivity index (χ4v) is 14.3. The minimum Gasteiger partial charge on any atom is -0.462 e. The Morgan fingerprint density at radius 1 is 0.267 bits per heavy atom. The van der Waals surface area contributed by atoms with Crippen LogP contribution in [0.15, 0.2) is 0 Å². The monoisotopic (exact) mass is 1480 g/mol. The summed E-state index contributed by atoms with van der Waals surface area (Å²) in [4.78, 5) is 73.1. The molecule has 0 aromatic carbocycles. The van der Waals surface area contributed by atoms with Gasteiger partial charge >= 0.3 is 39.5 Å². The van der Waals surface area contributed by atoms with Crippen LogP contribution >= 0.6 is 15.6 Å². The van der Waals surface area contributed by atoms with E-state index in [9.17, 15) is 43.2 Å². The minimum absolute atomic E-state index is 0.107. The largest absolute Gasteiger partial charge is 0.472 e. The van der Waals surface area contributed by atoms with Crippen molar-refractivity contribution in [2.75, 3.05) is 39.6 Å². The lowest BCUT2D eigenvalue weighted by molar-refractivity contribution is -0.161. The van der Waals surface area contributed by atoms with E-state index in [1.165, 1.54) is 250 Å². The molecule has 0 saturated heterocycles. The molecule has 0 aromatic heterocycles. The highest BCUT2D eigenvalue weighted by molar-refractivity contribution is 7.47. The smallest absolute Gasteiger partial charge is 0.462 e. The summed E-state index contributed by atoms with van der Waals surface area (Å²) >= 11 is 0. The van der Waals surface area contributed by atoms with E-state index in [4.69, 9.17) is 37.0 Å². The first-order valence-corrected chi connectivity index (χ1v) is 45.5. The van der Waals surface area contributed by atoms with E-state index in [1.807, 2.05) is 0 Å². The molecular formula is C82H160O17P2. The van der Waals surface area contributed by atoms with Gasteiger partial charge in [-0.1, -0.05) is 382 Å². The second-order valence-electron chi connectivity index (χ2n) is 30.5. The Bertz CT molecular complexity index is 1940. The number of ether oxygens (including phenoxy) is 4. The van der Waals surface area contributed by atoms with Crippen LogP contribution in [-0.2, 0) is 65.4 Å². The number of phosphoric acid groups is 2. The zero-order valence-electron chi connectivity index (χ0n) is 66.2. The summed E-state index contributed by atoms with van der Waals surface area (Å²) in [7, 11) is -9.92. The fraction of sp³-hybridized carbons (Fsp3) is 0.951. The van der Waals surface area contributed by atoms with Crippen LogP contribution in [0.2, 0.25) is 0 Å². The second-order valence-corrected chi connectivity index (χ2v) is 33.4. The number of hydrogen-bond donors (Lipinski definition) is 3. The lowest BCUT2D eigenvalue weighted by Gasteiger charge is -2.21. The van der Waals surface area contributed by atoms with Gasteiger partial charge in [0.15, 0.2) is 12.2 Å². The van der Waals surface area contributed by atoms with Gasteiger partial charge in [0.25, 0.3) is 0 Å². The summed E-state index contributed by atoms with van der Waals surface area (Å²) in [5.41, 5.74) is 0. The highest BCUT2D eigenvalue weighted by Gasteiger charge is 2.30. The van der Waals surface area contributed by atoms with Crippen LogP contribution in [0.3, 0.4) is 0 Å². The molecule has 17 nitrogen and oxygen atoms in total. The molecule has 0 fully saturated rings. The van der Waals surface area contributed by atoms with Crippen molar-refractivity contribution in [1.29, 1.82) is 0 Å². The van der Waals surface area contributed by atoms with E-state index < -0.39 is 97.5 Å². The van der Waals surface area contributed by atoms with Gasteiger partial charge in [-0.2, -0.15) is 0 Å². The maximum Gasteiger partial charge on any atom is 0.472 e. The molecule has 0 aliphatic rings. The van der Waals surface area contributed by atoms with E-state index in [0.29, 0.717) is 25.7 Å². The number of rotatable bonds is 81. The lowest BCUT2D eigenvalue weighted by atomic mass is 10.0. The number of hydrogen-bond acceptors (Lipinski definition) is 15. The first-order chi connectivity index (χ1) is 48.9. The van der Waals surface area contributed by atoms with Crippen molar-refractivity contribution < 1.29 is 80.2 Å². The molecule has 19 heteroatoms. The first kappa shape index (κ1) is 99.1. The van der Waals surface area contributed by atoms with Crippen molar-refractivity contribution in [2.24, 2.45) is 11.8 Å². The van der Waals surface area contributed by atoms with Gasteiger partial charge in [0.2, 0.25) is 0 Å². The molecule has 101 heavy (non-hydrogen) atoms. The molecule has 5 atom stereocenters. The van der Waals surface area contributed by atoms with Crippen molar-refractivity contribution in [3.05, 3.63) is 0 Å². The molecule has 0 aliphatic heterocycles. The molecule has 0 rings (SSSR count). The zero-order valence-corrected chi connectivity index (χ0v) is 68.0. The van der Waals surface area contributed by atoms with Gasteiger partial charge < -0.3 is 33.8 Å². The Kier molecular flexibility index (Phi) is 72.2. The molecular weight excluding hydrogens is 1320 g/mol. The average molecular weight is 1480 g/mol. The van der Waals surface area contributed by atoms with Crippen molar-refractivity contribution in [2.45, 2.75) is 452 Å². The van der Waals surface area contributed by atoms with E-state index in [0.717, 1.165) is 102 Å². The normalized spacial score (nSPS) is 13.9. The quantitative estimate of drug-likeness (QED) is 0.0222. The topological polar surface area (TPSA) is 237 Å². The Morgan fingerprint density at radius 3 is 0.673 bits per heavy atom. The molecule has 0 saturated carbocycles. The summed E-state index contributed by atoms with van der Waals surface area (Å²) in [5, 5.41) is 10.7. The molecule has 0 heterocycles. The lowest BCUT2D eigenvalue weighted by Crippen LogP contribution is -2.30. The SMILES string of the molecule is CCCCCCCCCCCCCCCCCCCCCCC(=O)O[C@H](COC(=O)CCCCCCCCCCCCCCCC(C)C)COP(=O)(O)OC[C@@H](O)COP(=O)(O)OC[C@@H](COC(=O)CCCCCCCCCCCC(C)C)OC(=O)CCCCCCCCCCCCCCC. The van der Waals surface area contributed by atoms with Gasteiger partial charge in [-0.25, -0.2) is 9.13 Å². The van der Waals surface area contributed by atoms with E-state index in [-0.39, 0.29) is 25.7 Å². The second kappa shape index (κ2) is 73.6. The number of aliphatic hydroxyl groups is 1. The molecule has 0 spiro atoms. The Balaban J connectivity index is 5.24. The summed E-state index contributed by atoms with van der Waals surface area (Å²) in [6.07, 6.45) is 63.8. The molecule has 0 aromatic rings. The van der Waals surface area contributed by atoms with Gasteiger partial charge in [-0.15, -0.1) is 0 Å². The third kappa shape index (κ3) is 76.1. The number of aliphatic hydroxyl groups excluding tert-OH is 1. The van der Waals surface area contributed by atoms with Crippen LogP contribution in [0.4, 0.5) is 0 Å². The van der Waals surface area contributed by atoms with E-state index in [2.05, 4.69) is 41.5 Å². The fourth-order valence-electron chi connectivity index (χ4n) is 12.7. The summed E-state index contributed by atoms with van der Waals surface area (Å²) < 4.78 is 68.8. The van der Waals surface area contributed by atoms with Crippen molar-refractivity contribution >= 4 is 39.5 Å². The minimum atomic E-state index is -4.96. The molecule has 0 radical (unpaired) electrons. The van der Waals surface area contributed by atoms with Crippen LogP contribution in [-0.4, -0.2) is 96.7 Å². The van der Waals surface area contributed by atoms with E-state index >= 15 is 0 Å². The molecule has 0 bridgehead atoms. The van der Waals surface area contributed by atoms with Crippen LogP contribution in [0.5, 0.6) is 0 Å². The molecule has 3 N–H and O–H groups in total. The van der Waals surface area contributed by atoms with Gasteiger partial charge in [0.05, 0.1) is 26.4 Å². The summed E-state index contributed by atoms with van der Waals surface area (Å²) in [5.74, 6) is -0.571. The number of unbranched alkanes of at least 4 members (excludes halogenated alkanes) is 51. The van der Waals surface area contributed by atoms with Crippen LogP contribution in [0.25, 0.3) is 0 Å². The van der Waals surface area contributed by atoms with Gasteiger partial charge in [0, 0.05) is 25.7 Å². The molecule has 0 aliphatic carbocycles. The Morgan fingerprint density at radius 2 is 0.455 bits per heavy atom. The molecule has 600 valence electrons. The number of phosphoric ester groups is 2. The highest BCUT2D eigenvalue weighted by Crippen LogP contribution is 2.45. The standard InChI is InChI=1S/C82H160O17P2/c1-7-9-11-13-15-17-19-21-22-23-24-25-26-27-31-36-42-49-55-61-67-82(87)98-77(70-92-79(84)64-58-52-46-40-34-32-28-30-33-38-44-50-56-62-74(3)4)72-96-100(88,89)94-68-76(83)69-95-101(90,91)97-73-78(71-93-80(85)65-59-53-47-43-37-39-45-51-57-63-75(5)6)99-81(86)66-60-54-48-41-35-29-20-18-16-14-12-10-8-2/h74-78,83H,7-73H2,1-6H3,(H,88,89)(H,90,91)/t76-,77-,78-/m1/s1. The maximum atomic E-state index is 13.1. The predicted molar refractivity (Wildman–Crippen MR) is 414 cm³/mol. The number of carbonyl (C=O) groups excluding carboxylic acids is 4. The van der Waals surface area contributed by atoms with Crippen molar-refractivity contribution in [3.63, 3.8) is 0 Å². The van der Waals surface area contributed by atoms with Gasteiger partial charge in [-0.3, -0.25) is 37.3 Å². The van der Waals surface area contributed by atoms with Crippen molar-refractivity contribution in [1.82, 2.24) is 0 Å². The third-order valence-electron chi connectivity index (χ3n) is 19.2. The Hall–Kier alpha value is -1.94. The van der Waals surface area contributed by atoms with E-state index in [1.54, 1.807) is 0 Å². The van der Waals surface area contributed by atoms with Crippen molar-refractivity contribution in [3.8, 4) is 0 Å². The maximum absolute atomic E-state index is 13.1. The molecule has 2 unspecified atom stereocenters. The number of esters is 4. The predicted octanol–water partition coefficient (Wildman–Crippen LogP) is 24.7. The van der Waals surface area contributed by atoms with Gasteiger partial charge in [-0.05, 0) is 37.5 Å². The first-order valence-electron chi connectivity index (χ1n) is 42.5. The van der Waals surface area contributed by atoms with Crippen LogP contribution < -0.4 is 0 Å². The van der Waals surface area contributed by atoms with Gasteiger partial charge in [0.1, 0.15) is 19.3 Å². The highest BCUT2D eigenvalue weighted by atomic mass is 31.2. The third-order valence-corrected chi connectivity index (χ3v) is 21.1. The summed E-state index contributed by atoms with van der Waals surface area (Å²) in [6.45, 7) is 9.64. The number of carbonyl (C=O) groups is 4. The molecule has 0 amide bonds.